The molecule has 0 aliphatic rings. The summed E-state index contributed by atoms with van der Waals surface area (Å²) < 4.78 is 9.86. The molecule has 0 aliphatic heterocycles. The maximum atomic E-state index is 11.6. The van der Waals surface area contributed by atoms with Gasteiger partial charge in [0, 0.05) is 7.11 Å². The smallest absolute Gasteiger partial charge is 0.342 e. The number of aromatic hydroxyl groups is 1. The monoisotopic (exact) mass is 225 g/mol. The van der Waals surface area contributed by atoms with Crippen LogP contribution in [0.5, 0.6) is 5.75 Å². The van der Waals surface area contributed by atoms with Crippen molar-refractivity contribution in [3.8, 4) is 5.75 Å². The minimum absolute atomic E-state index is 0.0583. The zero-order chi connectivity index (χ0) is 12.1. The summed E-state index contributed by atoms with van der Waals surface area (Å²) in [5.41, 5.74) is 5.67. The molecule has 1 rings (SSSR count). The van der Waals surface area contributed by atoms with Gasteiger partial charge in [0.15, 0.2) is 5.75 Å². The molecular weight excluding hydrogens is 210 g/mol. The van der Waals surface area contributed by atoms with E-state index in [-0.39, 0.29) is 23.1 Å². The molecule has 1 atom stereocenters. The van der Waals surface area contributed by atoms with Crippen LogP contribution in [0.1, 0.15) is 17.3 Å². The summed E-state index contributed by atoms with van der Waals surface area (Å²) in [6.07, 6.45) is -0.377. The Morgan fingerprint density at radius 1 is 1.56 bits per heavy atom. The largest absolute Gasteiger partial charge is 0.505 e. The van der Waals surface area contributed by atoms with Gasteiger partial charge in [0.25, 0.3) is 0 Å². The molecular formula is C11H15NO4. The quantitative estimate of drug-likeness (QED) is 0.456. The van der Waals surface area contributed by atoms with Crippen molar-refractivity contribution in [3.05, 3.63) is 23.8 Å². The van der Waals surface area contributed by atoms with E-state index in [9.17, 15) is 9.90 Å². The van der Waals surface area contributed by atoms with Crippen LogP contribution in [0, 0.1) is 0 Å². The molecule has 0 spiro atoms. The van der Waals surface area contributed by atoms with E-state index in [2.05, 4.69) is 0 Å². The zero-order valence-corrected chi connectivity index (χ0v) is 9.27. The van der Waals surface area contributed by atoms with Crippen LogP contribution in [0.3, 0.4) is 0 Å². The Labute approximate surface area is 93.8 Å². The van der Waals surface area contributed by atoms with Crippen molar-refractivity contribution < 1.29 is 19.4 Å². The normalized spacial score (nSPS) is 12.1. The lowest BCUT2D eigenvalue weighted by molar-refractivity contribution is 0.0118. The Morgan fingerprint density at radius 2 is 2.25 bits per heavy atom. The maximum absolute atomic E-state index is 11.6. The molecule has 0 fully saturated rings. The van der Waals surface area contributed by atoms with Gasteiger partial charge in [-0.3, -0.25) is 0 Å². The first-order valence-corrected chi connectivity index (χ1v) is 4.83. The number of benzene rings is 1. The number of carbonyl (C=O) groups is 1. The van der Waals surface area contributed by atoms with E-state index in [1.165, 1.54) is 19.2 Å². The van der Waals surface area contributed by atoms with Crippen LogP contribution < -0.4 is 5.73 Å². The highest BCUT2D eigenvalue weighted by atomic mass is 16.6. The number of phenolic OH excluding ortho intramolecular Hbond substituents is 1. The molecule has 1 aromatic rings. The van der Waals surface area contributed by atoms with Crippen LogP contribution in [0.15, 0.2) is 18.2 Å². The number of hydrogen-bond acceptors (Lipinski definition) is 5. The molecule has 0 aliphatic carbocycles. The molecule has 88 valence electrons. The fourth-order valence-corrected chi connectivity index (χ4v) is 1.24. The Kier molecular flexibility index (Phi) is 4.13. The molecule has 0 radical (unpaired) electrons. The first-order valence-electron chi connectivity index (χ1n) is 4.83. The third-order valence-electron chi connectivity index (χ3n) is 2.00. The molecule has 0 saturated heterocycles. The van der Waals surface area contributed by atoms with Gasteiger partial charge in [0.05, 0.1) is 12.3 Å². The molecule has 1 aromatic carbocycles. The Bertz CT molecular complexity index is 378. The zero-order valence-electron chi connectivity index (χ0n) is 9.27. The Hall–Kier alpha value is -1.75. The molecule has 1 unspecified atom stereocenters. The summed E-state index contributed by atoms with van der Waals surface area (Å²) in [7, 11) is 1.52. The standard InChI is InChI=1S/C11H15NO4/c1-7(6-15-2)16-11(14)8-4-3-5-9(12)10(8)13/h3-5,7,13H,6,12H2,1-2H3. The molecule has 16 heavy (non-hydrogen) atoms. The molecule has 5 heteroatoms. The van der Waals surface area contributed by atoms with Crippen LogP contribution in [-0.4, -0.2) is 30.9 Å². The number of carbonyl (C=O) groups excluding carboxylic acids is 1. The van der Waals surface area contributed by atoms with Gasteiger partial charge in [0.1, 0.15) is 11.7 Å². The highest BCUT2D eigenvalue weighted by Crippen LogP contribution is 2.25. The van der Waals surface area contributed by atoms with Crippen LogP contribution in [0.25, 0.3) is 0 Å². The SMILES string of the molecule is COCC(C)OC(=O)c1cccc(N)c1O. The number of phenols is 1. The first kappa shape index (κ1) is 12.3. The number of anilines is 1. The Balaban J connectivity index is 2.77. The fraction of sp³-hybridized carbons (Fsp3) is 0.364. The summed E-state index contributed by atoms with van der Waals surface area (Å²) >= 11 is 0. The molecule has 0 amide bonds. The van der Waals surface area contributed by atoms with Gasteiger partial charge < -0.3 is 20.3 Å². The van der Waals surface area contributed by atoms with Crippen molar-refractivity contribution in [2.45, 2.75) is 13.0 Å². The second kappa shape index (κ2) is 5.37. The summed E-state index contributed by atoms with van der Waals surface area (Å²) in [6, 6.07) is 4.53. The van der Waals surface area contributed by atoms with E-state index in [4.69, 9.17) is 15.2 Å². The van der Waals surface area contributed by atoms with Gasteiger partial charge in [-0.1, -0.05) is 6.07 Å². The van der Waals surface area contributed by atoms with E-state index in [1.54, 1.807) is 13.0 Å². The average molecular weight is 225 g/mol. The number of nitrogens with two attached hydrogens (primary N) is 1. The van der Waals surface area contributed by atoms with Gasteiger partial charge in [-0.15, -0.1) is 0 Å². The molecule has 0 aromatic heterocycles. The van der Waals surface area contributed by atoms with Crippen molar-refractivity contribution in [3.63, 3.8) is 0 Å². The third-order valence-corrected chi connectivity index (χ3v) is 2.00. The first-order chi connectivity index (χ1) is 7.56. The van der Waals surface area contributed by atoms with E-state index in [0.29, 0.717) is 6.61 Å². The van der Waals surface area contributed by atoms with Crippen molar-refractivity contribution >= 4 is 11.7 Å². The van der Waals surface area contributed by atoms with Crippen LogP contribution in [0.4, 0.5) is 5.69 Å². The van der Waals surface area contributed by atoms with Gasteiger partial charge in [-0.2, -0.15) is 0 Å². The fourth-order valence-electron chi connectivity index (χ4n) is 1.24. The van der Waals surface area contributed by atoms with E-state index < -0.39 is 5.97 Å². The molecule has 5 nitrogen and oxygen atoms in total. The topological polar surface area (TPSA) is 81.8 Å². The minimum atomic E-state index is -0.616. The second-order valence-corrected chi connectivity index (χ2v) is 3.41. The molecule has 0 saturated carbocycles. The predicted octanol–water partition coefficient (Wildman–Crippen LogP) is 1.17. The van der Waals surface area contributed by atoms with E-state index in [0.717, 1.165) is 0 Å². The number of methoxy groups -OCH3 is 1. The van der Waals surface area contributed by atoms with Gasteiger partial charge in [-0.25, -0.2) is 4.79 Å². The van der Waals surface area contributed by atoms with Gasteiger partial charge in [0.2, 0.25) is 0 Å². The predicted molar refractivity (Wildman–Crippen MR) is 59.3 cm³/mol. The summed E-state index contributed by atoms with van der Waals surface area (Å²) in [5.74, 6) is -0.869. The number of rotatable bonds is 4. The lowest BCUT2D eigenvalue weighted by Crippen LogP contribution is -2.19. The summed E-state index contributed by atoms with van der Waals surface area (Å²) in [6.45, 7) is 2.00. The molecule has 3 N–H and O–H groups in total. The third kappa shape index (κ3) is 2.87. The van der Waals surface area contributed by atoms with Crippen LogP contribution >= 0.6 is 0 Å². The van der Waals surface area contributed by atoms with Gasteiger partial charge in [-0.05, 0) is 19.1 Å². The highest BCUT2D eigenvalue weighted by molar-refractivity contribution is 5.94. The molecule has 0 bridgehead atoms. The number of hydrogen-bond donors (Lipinski definition) is 2. The highest BCUT2D eigenvalue weighted by Gasteiger charge is 2.16. The number of nitrogen functional groups attached to an aromatic ring is 1. The number of esters is 1. The average Bonchev–Trinajstić information content (AvgIpc) is 2.22. The maximum Gasteiger partial charge on any atom is 0.342 e. The van der Waals surface area contributed by atoms with Crippen molar-refractivity contribution in [2.24, 2.45) is 0 Å². The Morgan fingerprint density at radius 3 is 2.88 bits per heavy atom. The molecule has 0 heterocycles. The van der Waals surface area contributed by atoms with E-state index in [1.807, 2.05) is 0 Å². The minimum Gasteiger partial charge on any atom is -0.505 e. The van der Waals surface area contributed by atoms with Crippen molar-refractivity contribution in [2.75, 3.05) is 19.5 Å². The summed E-state index contributed by atoms with van der Waals surface area (Å²) in [4.78, 5) is 11.6. The van der Waals surface area contributed by atoms with Crippen LogP contribution in [0.2, 0.25) is 0 Å². The second-order valence-electron chi connectivity index (χ2n) is 3.41. The van der Waals surface area contributed by atoms with E-state index >= 15 is 0 Å². The van der Waals surface area contributed by atoms with Gasteiger partial charge >= 0.3 is 5.97 Å². The summed E-state index contributed by atoms with van der Waals surface area (Å²) in [5, 5.41) is 9.55. The number of ether oxygens (including phenoxy) is 2. The van der Waals surface area contributed by atoms with Crippen LogP contribution in [-0.2, 0) is 9.47 Å². The lowest BCUT2D eigenvalue weighted by atomic mass is 10.2. The van der Waals surface area contributed by atoms with Crippen molar-refractivity contribution in [1.82, 2.24) is 0 Å². The lowest BCUT2D eigenvalue weighted by Gasteiger charge is -2.13. The van der Waals surface area contributed by atoms with Crippen molar-refractivity contribution in [1.29, 1.82) is 0 Å². The number of para-hydroxylation sites is 1.